The van der Waals surface area contributed by atoms with E-state index in [9.17, 15) is 18.8 Å². The van der Waals surface area contributed by atoms with Gasteiger partial charge in [-0.15, -0.1) is 0 Å². The molecule has 0 aromatic heterocycles. The number of likely N-dealkylation sites (tertiary alicyclic amines) is 1. The molecule has 162 valence electrons. The maximum Gasteiger partial charge on any atom is 0.228 e. The lowest BCUT2D eigenvalue weighted by Crippen LogP contribution is -2.45. The minimum atomic E-state index is -1.25. The summed E-state index contributed by atoms with van der Waals surface area (Å²) in [5.74, 6) is -0.183. The maximum atomic E-state index is 13.6. The summed E-state index contributed by atoms with van der Waals surface area (Å²) in [6, 6.07) is 5.80. The number of halogens is 1. The summed E-state index contributed by atoms with van der Waals surface area (Å²) >= 11 is -1.25. The average Bonchev–Trinajstić information content (AvgIpc) is 3.28. The minimum Gasteiger partial charge on any atom is -0.611 e. The predicted octanol–water partition coefficient (Wildman–Crippen LogP) is 4.28. The maximum absolute atomic E-state index is 13.6. The van der Waals surface area contributed by atoms with Gasteiger partial charge in [-0.2, -0.15) is 0 Å². The Hall–Kier alpha value is -1.11. The second kappa shape index (κ2) is 8.20. The van der Waals surface area contributed by atoms with Crippen molar-refractivity contribution >= 4 is 17.1 Å². The Bertz CT molecular complexity index is 735. The third-order valence-corrected chi connectivity index (χ3v) is 9.05. The number of amides is 1. The van der Waals surface area contributed by atoms with Crippen LogP contribution in [0.1, 0.15) is 66.2 Å². The summed E-state index contributed by atoms with van der Waals surface area (Å²) in [5.41, 5.74) is -1.55. The third kappa shape index (κ3) is 4.35. The normalized spacial score (nSPS) is 31.3. The van der Waals surface area contributed by atoms with Crippen molar-refractivity contribution in [3.8, 4) is 0 Å². The van der Waals surface area contributed by atoms with Crippen LogP contribution in [0.2, 0.25) is 0 Å². The SMILES string of the molecule is CCCC1(C(=O)N2CCC([S+]([O-])c3ccc(F)cc3)C2)CCC(C)(C(C)(C)O)C1. The van der Waals surface area contributed by atoms with Gasteiger partial charge >= 0.3 is 0 Å². The molecule has 2 aliphatic rings. The first kappa shape index (κ1) is 22.6. The summed E-state index contributed by atoms with van der Waals surface area (Å²) < 4.78 is 26.1. The highest BCUT2D eigenvalue weighted by Gasteiger charge is 2.56. The van der Waals surface area contributed by atoms with Gasteiger partial charge in [-0.3, -0.25) is 4.79 Å². The third-order valence-electron chi connectivity index (χ3n) is 7.32. The van der Waals surface area contributed by atoms with E-state index in [0.717, 1.165) is 25.7 Å². The molecular weight excluding hydrogens is 389 g/mol. The van der Waals surface area contributed by atoms with Gasteiger partial charge in [0.1, 0.15) is 11.1 Å². The van der Waals surface area contributed by atoms with Crippen LogP contribution < -0.4 is 0 Å². The van der Waals surface area contributed by atoms with Gasteiger partial charge in [0.25, 0.3) is 0 Å². The second-order valence-electron chi connectivity index (χ2n) is 9.74. The van der Waals surface area contributed by atoms with Gasteiger partial charge in [-0.1, -0.05) is 20.3 Å². The Labute approximate surface area is 177 Å². The van der Waals surface area contributed by atoms with E-state index in [1.807, 2.05) is 18.7 Å². The van der Waals surface area contributed by atoms with Gasteiger partial charge in [0, 0.05) is 13.0 Å². The Morgan fingerprint density at radius 1 is 1.34 bits per heavy atom. The zero-order chi connectivity index (χ0) is 21.4. The first-order valence-corrected chi connectivity index (χ1v) is 11.9. The number of hydrogen-bond donors (Lipinski definition) is 1. The van der Waals surface area contributed by atoms with Gasteiger partial charge in [0.2, 0.25) is 5.91 Å². The molecule has 4 unspecified atom stereocenters. The molecule has 29 heavy (non-hydrogen) atoms. The molecule has 3 rings (SSSR count). The van der Waals surface area contributed by atoms with Gasteiger partial charge in [0.05, 0.1) is 17.6 Å². The summed E-state index contributed by atoms with van der Waals surface area (Å²) in [7, 11) is 0. The number of rotatable bonds is 6. The summed E-state index contributed by atoms with van der Waals surface area (Å²) in [6.07, 6.45) is 4.76. The zero-order valence-corrected chi connectivity index (χ0v) is 18.9. The van der Waals surface area contributed by atoms with E-state index in [1.54, 1.807) is 12.1 Å². The molecule has 1 saturated carbocycles. The molecular formula is C23H34FNO3S. The fraction of sp³-hybridized carbons (Fsp3) is 0.696. The summed E-state index contributed by atoms with van der Waals surface area (Å²) in [6.45, 7) is 8.97. The fourth-order valence-electron chi connectivity index (χ4n) is 5.13. The van der Waals surface area contributed by atoms with E-state index >= 15 is 0 Å². The largest absolute Gasteiger partial charge is 0.611 e. The number of nitrogens with zero attached hydrogens (tertiary/aromatic N) is 1. The first-order valence-electron chi connectivity index (χ1n) is 10.7. The van der Waals surface area contributed by atoms with Crippen LogP contribution in [0.25, 0.3) is 0 Å². The van der Waals surface area contributed by atoms with Crippen molar-refractivity contribution in [1.29, 1.82) is 0 Å². The van der Waals surface area contributed by atoms with Crippen LogP contribution in [0.4, 0.5) is 4.39 Å². The quantitative estimate of drug-likeness (QED) is 0.695. The van der Waals surface area contributed by atoms with Crippen LogP contribution in [-0.4, -0.2) is 44.4 Å². The molecule has 0 bridgehead atoms. The van der Waals surface area contributed by atoms with Crippen molar-refractivity contribution in [3.63, 3.8) is 0 Å². The van der Waals surface area contributed by atoms with E-state index in [2.05, 4.69) is 13.8 Å². The standard InChI is InChI=1S/C23H34FNO3S/c1-5-11-23(13-12-22(4,16-23)21(2,3)27)20(26)25-14-10-19(15-25)29(28)18-8-6-17(24)7-9-18/h6-9,19,27H,5,10-16H2,1-4H3. The molecule has 2 fully saturated rings. The molecule has 6 heteroatoms. The van der Waals surface area contributed by atoms with Crippen molar-refractivity contribution in [2.45, 2.75) is 82.0 Å². The fourth-order valence-corrected chi connectivity index (χ4v) is 6.55. The second-order valence-corrected chi connectivity index (χ2v) is 11.5. The Kier molecular flexibility index (Phi) is 6.38. The topological polar surface area (TPSA) is 63.6 Å². The summed E-state index contributed by atoms with van der Waals surface area (Å²) in [5, 5.41) is 10.6. The van der Waals surface area contributed by atoms with Crippen LogP contribution >= 0.6 is 0 Å². The Morgan fingerprint density at radius 3 is 2.55 bits per heavy atom. The number of carbonyl (C=O) groups excluding carboxylic acids is 1. The van der Waals surface area contributed by atoms with E-state index < -0.39 is 22.2 Å². The van der Waals surface area contributed by atoms with E-state index in [4.69, 9.17) is 0 Å². The monoisotopic (exact) mass is 423 g/mol. The van der Waals surface area contributed by atoms with Gasteiger partial charge in [-0.25, -0.2) is 4.39 Å². The number of aliphatic hydroxyl groups is 1. The molecule has 4 nitrogen and oxygen atoms in total. The number of carbonyl (C=O) groups is 1. The molecule has 1 saturated heterocycles. The molecule has 1 aromatic rings. The van der Waals surface area contributed by atoms with Crippen LogP contribution in [-0.2, 0) is 16.0 Å². The van der Waals surface area contributed by atoms with Crippen molar-refractivity contribution in [1.82, 2.24) is 4.90 Å². The lowest BCUT2D eigenvalue weighted by Gasteiger charge is -2.40. The van der Waals surface area contributed by atoms with Crippen molar-refractivity contribution < 1.29 is 18.8 Å². The van der Waals surface area contributed by atoms with Crippen LogP contribution in [0, 0.1) is 16.6 Å². The molecule has 4 atom stereocenters. The van der Waals surface area contributed by atoms with E-state index in [1.165, 1.54) is 12.1 Å². The zero-order valence-electron chi connectivity index (χ0n) is 18.0. The molecule has 1 aliphatic heterocycles. The van der Waals surface area contributed by atoms with Gasteiger partial charge in [-0.05, 0) is 80.4 Å². The van der Waals surface area contributed by atoms with Crippen molar-refractivity contribution in [2.75, 3.05) is 13.1 Å². The summed E-state index contributed by atoms with van der Waals surface area (Å²) in [4.78, 5) is 16.1. The molecule has 0 radical (unpaired) electrons. The highest BCUT2D eigenvalue weighted by molar-refractivity contribution is 7.92. The van der Waals surface area contributed by atoms with E-state index in [0.29, 0.717) is 30.8 Å². The predicted molar refractivity (Wildman–Crippen MR) is 113 cm³/mol. The molecule has 0 spiro atoms. The minimum absolute atomic E-state index is 0.120. The van der Waals surface area contributed by atoms with Gasteiger partial charge in [0.15, 0.2) is 4.90 Å². The molecule has 1 amide bonds. The number of benzene rings is 1. The number of hydrogen-bond acceptors (Lipinski definition) is 3. The van der Waals surface area contributed by atoms with E-state index in [-0.39, 0.29) is 22.4 Å². The van der Waals surface area contributed by atoms with Crippen molar-refractivity contribution in [3.05, 3.63) is 30.1 Å². The molecule has 1 heterocycles. The van der Waals surface area contributed by atoms with Crippen LogP contribution in [0.15, 0.2) is 29.2 Å². The lowest BCUT2D eigenvalue weighted by atomic mass is 9.70. The molecule has 1 aliphatic carbocycles. The van der Waals surface area contributed by atoms with Crippen LogP contribution in [0.5, 0.6) is 0 Å². The molecule has 1 aromatic carbocycles. The van der Waals surface area contributed by atoms with Crippen molar-refractivity contribution in [2.24, 2.45) is 10.8 Å². The van der Waals surface area contributed by atoms with Gasteiger partial charge < -0.3 is 14.6 Å². The van der Waals surface area contributed by atoms with Crippen LogP contribution in [0.3, 0.4) is 0 Å². The lowest BCUT2D eigenvalue weighted by molar-refractivity contribution is -0.142. The molecule has 1 N–H and O–H groups in total. The highest BCUT2D eigenvalue weighted by Crippen LogP contribution is 2.57. The Balaban J connectivity index is 1.73. The Morgan fingerprint density at radius 2 is 2.00 bits per heavy atom. The smallest absolute Gasteiger partial charge is 0.228 e. The highest BCUT2D eigenvalue weighted by atomic mass is 32.2. The first-order chi connectivity index (χ1) is 13.5. The average molecular weight is 424 g/mol.